The van der Waals surface area contributed by atoms with Crippen molar-refractivity contribution in [3.8, 4) is 0 Å². The van der Waals surface area contributed by atoms with Gasteiger partial charge < -0.3 is 27.0 Å². The maximum atomic E-state index is 12.0. The zero-order chi connectivity index (χ0) is 21.0. The molecule has 1 saturated carbocycles. The van der Waals surface area contributed by atoms with E-state index in [2.05, 4.69) is 25.8 Å². The van der Waals surface area contributed by atoms with Gasteiger partial charge in [0, 0.05) is 37.4 Å². The minimum atomic E-state index is -0.743. The minimum absolute atomic E-state index is 0.0151. The third-order valence-corrected chi connectivity index (χ3v) is 4.85. The normalized spacial score (nSPS) is 18.7. The number of anilines is 3. The fourth-order valence-electron chi connectivity index (χ4n) is 3.24. The molecule has 0 bridgehead atoms. The van der Waals surface area contributed by atoms with Crippen LogP contribution in [0.15, 0.2) is 24.3 Å². The van der Waals surface area contributed by atoms with Crippen LogP contribution in [0.25, 0.3) is 0 Å². The van der Waals surface area contributed by atoms with Gasteiger partial charge in [0.2, 0.25) is 5.95 Å². The highest BCUT2D eigenvalue weighted by Gasteiger charge is 2.23. The molecule has 1 aliphatic rings. The third-order valence-electron chi connectivity index (χ3n) is 4.85. The van der Waals surface area contributed by atoms with Crippen molar-refractivity contribution < 1.29 is 9.59 Å². The van der Waals surface area contributed by atoms with Crippen LogP contribution in [0.4, 0.5) is 17.5 Å². The molecule has 1 aliphatic carbocycles. The molecule has 0 aliphatic heterocycles. The monoisotopic (exact) mass is 398 g/mol. The molecule has 2 atom stereocenters. The summed E-state index contributed by atoms with van der Waals surface area (Å²) in [7, 11) is 3.37. The first-order chi connectivity index (χ1) is 13.8. The number of rotatable bonds is 6. The Kier molecular flexibility index (Phi) is 6.23. The highest BCUT2D eigenvalue weighted by molar-refractivity contribution is 5.96. The molecular weight excluding hydrogens is 372 g/mol. The standard InChI is InChI=1S/C19H26N8O2/c1-27(2)18(29)11-7-9-12(10-8-11)22-17-15(16(21)28)25-26-19(24-17)23-14-6-4-3-5-13(14)20/h7-10,13-14H,3-6,20H2,1-2H3,(H2,21,28)(H2,22,23,24,26)/t13-,14+/m0/s1. The fraction of sp³-hybridized carbons (Fsp3) is 0.421. The number of hydrogen-bond acceptors (Lipinski definition) is 8. The van der Waals surface area contributed by atoms with Crippen molar-refractivity contribution >= 4 is 29.3 Å². The Hall–Kier alpha value is -3.27. The Labute approximate surface area is 169 Å². The van der Waals surface area contributed by atoms with Crippen molar-refractivity contribution in [2.24, 2.45) is 11.5 Å². The van der Waals surface area contributed by atoms with E-state index in [9.17, 15) is 9.59 Å². The molecule has 0 spiro atoms. The number of aromatic nitrogens is 3. The van der Waals surface area contributed by atoms with E-state index in [0.717, 1.165) is 25.7 Å². The molecule has 10 nitrogen and oxygen atoms in total. The van der Waals surface area contributed by atoms with Crippen LogP contribution in [0.5, 0.6) is 0 Å². The van der Waals surface area contributed by atoms with E-state index in [0.29, 0.717) is 11.3 Å². The Morgan fingerprint density at radius 2 is 1.79 bits per heavy atom. The first-order valence-electron chi connectivity index (χ1n) is 9.50. The van der Waals surface area contributed by atoms with Crippen LogP contribution in [-0.4, -0.2) is 58.1 Å². The zero-order valence-electron chi connectivity index (χ0n) is 16.6. The van der Waals surface area contributed by atoms with E-state index >= 15 is 0 Å². The van der Waals surface area contributed by atoms with E-state index in [1.54, 1.807) is 38.4 Å². The number of nitrogens with zero attached hydrogens (tertiary/aromatic N) is 4. The van der Waals surface area contributed by atoms with Crippen molar-refractivity contribution in [1.82, 2.24) is 20.1 Å². The van der Waals surface area contributed by atoms with E-state index in [-0.39, 0.29) is 35.5 Å². The smallest absolute Gasteiger partial charge is 0.273 e. The van der Waals surface area contributed by atoms with Crippen molar-refractivity contribution in [3.05, 3.63) is 35.5 Å². The molecule has 6 N–H and O–H groups in total. The lowest BCUT2D eigenvalue weighted by Gasteiger charge is -2.29. The molecule has 2 aromatic rings. The number of primary amides is 1. The average Bonchev–Trinajstić information content (AvgIpc) is 2.69. The van der Waals surface area contributed by atoms with Crippen molar-refractivity contribution in [2.75, 3.05) is 24.7 Å². The summed E-state index contributed by atoms with van der Waals surface area (Å²) in [5.74, 6) is -0.383. The highest BCUT2D eigenvalue weighted by atomic mass is 16.2. The second-order valence-electron chi connectivity index (χ2n) is 7.30. The second kappa shape index (κ2) is 8.82. The fourth-order valence-corrected chi connectivity index (χ4v) is 3.24. The molecule has 10 heteroatoms. The van der Waals surface area contributed by atoms with Gasteiger partial charge in [0.15, 0.2) is 11.5 Å². The Balaban J connectivity index is 1.81. The SMILES string of the molecule is CN(C)C(=O)c1ccc(Nc2nc(N[C@@H]3CCCC[C@@H]3N)nnc2C(N)=O)cc1. The summed E-state index contributed by atoms with van der Waals surface area (Å²) in [5, 5.41) is 14.1. The lowest BCUT2D eigenvalue weighted by atomic mass is 9.91. The predicted molar refractivity (Wildman–Crippen MR) is 110 cm³/mol. The molecule has 154 valence electrons. The number of carbonyl (C=O) groups excluding carboxylic acids is 2. The summed E-state index contributed by atoms with van der Waals surface area (Å²) in [6.07, 6.45) is 4.05. The summed E-state index contributed by atoms with van der Waals surface area (Å²) >= 11 is 0. The van der Waals surface area contributed by atoms with Gasteiger partial charge in [-0.05, 0) is 37.1 Å². The molecule has 0 radical (unpaired) electrons. The Bertz CT molecular complexity index is 884. The molecule has 1 aromatic carbocycles. The molecule has 1 fully saturated rings. The predicted octanol–water partition coefficient (Wildman–Crippen LogP) is 1.10. The maximum absolute atomic E-state index is 12.0. The summed E-state index contributed by atoms with van der Waals surface area (Å²) in [6, 6.07) is 6.87. The molecule has 1 aromatic heterocycles. The van der Waals surface area contributed by atoms with Gasteiger partial charge in [0.1, 0.15) is 0 Å². The first-order valence-corrected chi connectivity index (χ1v) is 9.50. The van der Waals surface area contributed by atoms with Gasteiger partial charge >= 0.3 is 0 Å². The quantitative estimate of drug-likeness (QED) is 0.564. The van der Waals surface area contributed by atoms with E-state index in [4.69, 9.17) is 11.5 Å². The van der Waals surface area contributed by atoms with Crippen LogP contribution < -0.4 is 22.1 Å². The number of nitrogens with two attached hydrogens (primary N) is 2. The van der Waals surface area contributed by atoms with E-state index in [1.807, 2.05) is 0 Å². The van der Waals surface area contributed by atoms with Crippen LogP contribution >= 0.6 is 0 Å². The van der Waals surface area contributed by atoms with Gasteiger partial charge in [-0.2, -0.15) is 4.98 Å². The zero-order valence-corrected chi connectivity index (χ0v) is 16.6. The summed E-state index contributed by atoms with van der Waals surface area (Å²) in [4.78, 5) is 29.6. The summed E-state index contributed by atoms with van der Waals surface area (Å²) in [6.45, 7) is 0. The summed E-state index contributed by atoms with van der Waals surface area (Å²) < 4.78 is 0. The van der Waals surface area contributed by atoms with Crippen molar-refractivity contribution in [3.63, 3.8) is 0 Å². The maximum Gasteiger partial charge on any atom is 0.273 e. The number of nitrogens with one attached hydrogen (secondary N) is 2. The highest BCUT2D eigenvalue weighted by Crippen LogP contribution is 2.22. The second-order valence-corrected chi connectivity index (χ2v) is 7.30. The van der Waals surface area contributed by atoms with Crippen molar-refractivity contribution in [2.45, 2.75) is 37.8 Å². The summed E-state index contributed by atoms with van der Waals surface area (Å²) in [5.41, 5.74) is 12.7. The van der Waals surface area contributed by atoms with Gasteiger partial charge in [0.05, 0.1) is 0 Å². The van der Waals surface area contributed by atoms with Crippen LogP contribution in [-0.2, 0) is 0 Å². The van der Waals surface area contributed by atoms with Gasteiger partial charge in [0.25, 0.3) is 11.8 Å². The molecule has 0 saturated heterocycles. The van der Waals surface area contributed by atoms with Gasteiger partial charge in [-0.3, -0.25) is 9.59 Å². The Morgan fingerprint density at radius 3 is 2.41 bits per heavy atom. The molecule has 3 rings (SSSR count). The largest absolute Gasteiger partial charge is 0.364 e. The number of benzene rings is 1. The first kappa shape index (κ1) is 20.5. The van der Waals surface area contributed by atoms with Crippen LogP contribution in [0, 0.1) is 0 Å². The van der Waals surface area contributed by atoms with Crippen LogP contribution in [0.3, 0.4) is 0 Å². The van der Waals surface area contributed by atoms with Crippen LogP contribution in [0.1, 0.15) is 46.5 Å². The third kappa shape index (κ3) is 4.96. The van der Waals surface area contributed by atoms with Gasteiger partial charge in [-0.25, -0.2) is 0 Å². The van der Waals surface area contributed by atoms with E-state index < -0.39 is 5.91 Å². The molecule has 2 amide bonds. The minimum Gasteiger partial charge on any atom is -0.364 e. The molecule has 29 heavy (non-hydrogen) atoms. The number of amides is 2. The molecule has 1 heterocycles. The van der Waals surface area contributed by atoms with Crippen LogP contribution in [0.2, 0.25) is 0 Å². The molecular formula is C19H26N8O2. The van der Waals surface area contributed by atoms with Gasteiger partial charge in [-0.1, -0.05) is 12.8 Å². The van der Waals surface area contributed by atoms with E-state index in [1.165, 1.54) is 4.90 Å². The topological polar surface area (TPSA) is 152 Å². The average molecular weight is 398 g/mol. The lowest BCUT2D eigenvalue weighted by molar-refractivity contribution is 0.0827. The van der Waals surface area contributed by atoms with Gasteiger partial charge in [-0.15, -0.1) is 10.2 Å². The Morgan fingerprint density at radius 1 is 1.10 bits per heavy atom. The van der Waals surface area contributed by atoms with Crippen molar-refractivity contribution in [1.29, 1.82) is 0 Å². The molecule has 0 unspecified atom stereocenters. The number of hydrogen-bond donors (Lipinski definition) is 4. The number of carbonyl (C=O) groups is 2. The lowest BCUT2D eigenvalue weighted by Crippen LogP contribution is -2.43.